The monoisotopic (exact) mass is 452 g/mol. The van der Waals surface area contributed by atoms with Crippen molar-refractivity contribution in [3.63, 3.8) is 0 Å². The largest absolute Gasteiger partial charge is 0.486 e. The van der Waals surface area contributed by atoms with E-state index in [4.69, 9.17) is 9.47 Å². The van der Waals surface area contributed by atoms with Crippen molar-refractivity contribution < 1.29 is 22.6 Å². The molecule has 0 amide bonds. The highest BCUT2D eigenvalue weighted by atomic mass is 19.4. The number of aromatic nitrogens is 3. The molecule has 0 atom stereocenters. The van der Waals surface area contributed by atoms with E-state index in [0.29, 0.717) is 25.6 Å². The molecule has 0 spiro atoms. The van der Waals surface area contributed by atoms with Gasteiger partial charge in [0.1, 0.15) is 13.2 Å². The van der Waals surface area contributed by atoms with Crippen LogP contribution in [0.2, 0.25) is 0 Å². The van der Waals surface area contributed by atoms with E-state index in [0.717, 1.165) is 40.4 Å². The molecule has 0 radical (unpaired) electrons. The first-order valence-corrected chi connectivity index (χ1v) is 10.3. The molecule has 168 valence electrons. The Morgan fingerprint density at radius 1 is 0.909 bits per heavy atom. The lowest BCUT2D eigenvalue weighted by molar-refractivity contribution is -0.137. The predicted octanol–water partition coefficient (Wildman–Crippen LogP) is 5.54. The molecule has 5 rings (SSSR count). The lowest BCUT2D eigenvalue weighted by Crippen LogP contribution is -2.15. The average molecular weight is 452 g/mol. The Bertz CT molecular complexity index is 1290. The number of nitrogens with one attached hydrogen (secondary N) is 2. The summed E-state index contributed by atoms with van der Waals surface area (Å²) >= 11 is 0. The normalized spacial score (nSPS) is 13.1. The minimum Gasteiger partial charge on any atom is -0.486 e. The lowest BCUT2D eigenvalue weighted by atomic mass is 10.1. The molecule has 3 aromatic carbocycles. The van der Waals surface area contributed by atoms with Crippen molar-refractivity contribution in [2.24, 2.45) is 0 Å². The molecule has 0 fully saturated rings. The number of alkyl halides is 3. The van der Waals surface area contributed by atoms with Gasteiger partial charge in [-0.25, -0.2) is 4.98 Å². The van der Waals surface area contributed by atoms with Crippen molar-refractivity contribution in [2.45, 2.75) is 12.7 Å². The molecule has 0 unspecified atom stereocenters. The number of anilines is 1. The van der Waals surface area contributed by atoms with Gasteiger partial charge in [0.25, 0.3) is 0 Å². The quantitative estimate of drug-likeness (QED) is 0.416. The minimum atomic E-state index is -4.43. The van der Waals surface area contributed by atoms with Crippen LogP contribution in [0, 0.1) is 0 Å². The second-order valence-corrected chi connectivity index (χ2v) is 7.46. The molecular formula is C24H19F3N4O2. The smallest absolute Gasteiger partial charge is 0.416 e. The van der Waals surface area contributed by atoms with Crippen molar-refractivity contribution in [3.05, 3.63) is 77.9 Å². The van der Waals surface area contributed by atoms with E-state index in [1.165, 1.54) is 6.07 Å². The maximum atomic E-state index is 13.1. The topological polar surface area (TPSA) is 72.1 Å². The number of rotatable bonds is 5. The zero-order valence-electron chi connectivity index (χ0n) is 17.3. The molecule has 33 heavy (non-hydrogen) atoms. The van der Waals surface area contributed by atoms with Crippen LogP contribution in [0.25, 0.3) is 22.8 Å². The van der Waals surface area contributed by atoms with Gasteiger partial charge in [-0.3, -0.25) is 5.10 Å². The summed E-state index contributed by atoms with van der Waals surface area (Å²) < 4.78 is 50.4. The molecule has 2 N–H and O–H groups in total. The average Bonchev–Trinajstić information content (AvgIpc) is 3.33. The number of benzene rings is 3. The maximum absolute atomic E-state index is 13.1. The Balaban J connectivity index is 1.37. The van der Waals surface area contributed by atoms with Gasteiger partial charge in [-0.05, 0) is 42.0 Å². The van der Waals surface area contributed by atoms with Crippen LogP contribution in [0.5, 0.6) is 11.5 Å². The number of para-hydroxylation sites is 1. The summed E-state index contributed by atoms with van der Waals surface area (Å²) in [6.45, 7) is 1.59. The van der Waals surface area contributed by atoms with Gasteiger partial charge >= 0.3 is 6.18 Å². The zero-order valence-corrected chi connectivity index (χ0v) is 17.3. The van der Waals surface area contributed by atoms with Gasteiger partial charge in [0.15, 0.2) is 23.1 Å². The van der Waals surface area contributed by atoms with Crippen molar-refractivity contribution in [3.8, 4) is 34.3 Å². The summed E-state index contributed by atoms with van der Waals surface area (Å²) in [5.74, 6) is 2.09. The van der Waals surface area contributed by atoms with Gasteiger partial charge in [0, 0.05) is 23.4 Å². The van der Waals surface area contributed by atoms with Crippen LogP contribution in [-0.4, -0.2) is 28.4 Å². The second kappa shape index (κ2) is 8.50. The van der Waals surface area contributed by atoms with E-state index in [9.17, 15) is 13.2 Å². The fourth-order valence-corrected chi connectivity index (χ4v) is 3.58. The summed E-state index contributed by atoms with van der Waals surface area (Å²) in [7, 11) is 0. The van der Waals surface area contributed by atoms with E-state index in [1.54, 1.807) is 6.07 Å². The fourth-order valence-electron chi connectivity index (χ4n) is 3.58. The molecule has 0 saturated heterocycles. The van der Waals surface area contributed by atoms with Crippen LogP contribution in [0.4, 0.5) is 18.9 Å². The van der Waals surface area contributed by atoms with Crippen molar-refractivity contribution in [1.82, 2.24) is 15.2 Å². The Hall–Kier alpha value is -4.01. The SMILES string of the molecule is FC(F)(F)c1cccc(-c2n[nH]c(-c3ccccc3NCc3ccc4c(c3)OCCO4)n2)c1. The number of hydrogen-bond acceptors (Lipinski definition) is 5. The maximum Gasteiger partial charge on any atom is 0.416 e. The zero-order chi connectivity index (χ0) is 22.8. The minimum absolute atomic E-state index is 0.192. The lowest BCUT2D eigenvalue weighted by Gasteiger charge is -2.19. The van der Waals surface area contributed by atoms with Gasteiger partial charge in [-0.1, -0.05) is 30.3 Å². The predicted molar refractivity (Wildman–Crippen MR) is 117 cm³/mol. The van der Waals surface area contributed by atoms with Gasteiger partial charge in [-0.2, -0.15) is 18.3 Å². The molecule has 0 aliphatic carbocycles. The number of aromatic amines is 1. The number of ether oxygens (including phenoxy) is 2. The van der Waals surface area contributed by atoms with E-state index in [-0.39, 0.29) is 11.4 Å². The molecule has 4 aromatic rings. The number of hydrogen-bond donors (Lipinski definition) is 2. The first kappa shape index (κ1) is 20.9. The van der Waals surface area contributed by atoms with Crippen LogP contribution >= 0.6 is 0 Å². The van der Waals surface area contributed by atoms with Gasteiger partial charge in [-0.15, -0.1) is 0 Å². The highest BCUT2D eigenvalue weighted by Gasteiger charge is 2.30. The summed E-state index contributed by atoms with van der Waals surface area (Å²) in [5, 5.41) is 10.4. The van der Waals surface area contributed by atoms with E-state index in [2.05, 4.69) is 20.5 Å². The van der Waals surface area contributed by atoms with Crippen LogP contribution < -0.4 is 14.8 Å². The van der Waals surface area contributed by atoms with Gasteiger partial charge < -0.3 is 14.8 Å². The molecule has 1 aliphatic rings. The number of nitrogens with zero attached hydrogens (tertiary/aromatic N) is 2. The van der Waals surface area contributed by atoms with Crippen LogP contribution in [-0.2, 0) is 12.7 Å². The summed E-state index contributed by atoms with van der Waals surface area (Å²) in [6, 6.07) is 18.3. The summed E-state index contributed by atoms with van der Waals surface area (Å²) in [6.07, 6.45) is -4.43. The first-order valence-electron chi connectivity index (χ1n) is 10.3. The van der Waals surface area contributed by atoms with E-state index < -0.39 is 11.7 Å². The molecule has 2 heterocycles. The Kier molecular flexibility index (Phi) is 5.37. The number of fused-ring (bicyclic) bond motifs is 1. The molecule has 1 aromatic heterocycles. The first-order chi connectivity index (χ1) is 16.0. The third kappa shape index (κ3) is 4.48. The van der Waals surface area contributed by atoms with Gasteiger partial charge in [0.05, 0.1) is 5.56 Å². The molecule has 0 saturated carbocycles. The number of H-pyrrole nitrogens is 1. The Morgan fingerprint density at radius 2 is 1.73 bits per heavy atom. The molecule has 0 bridgehead atoms. The van der Waals surface area contributed by atoms with Gasteiger partial charge in [0.2, 0.25) is 0 Å². The molecule has 9 heteroatoms. The second-order valence-electron chi connectivity index (χ2n) is 7.46. The van der Waals surface area contributed by atoms with Crippen LogP contribution in [0.1, 0.15) is 11.1 Å². The van der Waals surface area contributed by atoms with Crippen molar-refractivity contribution in [2.75, 3.05) is 18.5 Å². The van der Waals surface area contributed by atoms with Crippen LogP contribution in [0.3, 0.4) is 0 Å². The molecule has 6 nitrogen and oxygen atoms in total. The third-order valence-electron chi connectivity index (χ3n) is 5.21. The summed E-state index contributed by atoms with van der Waals surface area (Å²) in [5.41, 5.74) is 2.11. The standard InChI is InChI=1S/C24H19F3N4O2/c25-24(26,27)17-5-3-4-16(13-17)22-29-23(31-30-22)18-6-1-2-7-19(18)28-14-15-8-9-20-21(12-15)33-11-10-32-20/h1-9,12-13,28H,10-11,14H2,(H,29,30,31). The van der Waals surface area contributed by atoms with Crippen LogP contribution in [0.15, 0.2) is 66.7 Å². The third-order valence-corrected chi connectivity index (χ3v) is 5.21. The highest BCUT2D eigenvalue weighted by Crippen LogP contribution is 2.33. The summed E-state index contributed by atoms with van der Waals surface area (Å²) in [4.78, 5) is 4.44. The Labute approximate surface area is 187 Å². The van der Waals surface area contributed by atoms with Crippen molar-refractivity contribution >= 4 is 5.69 Å². The van der Waals surface area contributed by atoms with E-state index in [1.807, 2.05) is 42.5 Å². The molecular weight excluding hydrogens is 433 g/mol. The number of halogens is 3. The van der Waals surface area contributed by atoms with E-state index >= 15 is 0 Å². The highest BCUT2D eigenvalue weighted by molar-refractivity contribution is 5.74. The fraction of sp³-hybridized carbons (Fsp3) is 0.167. The van der Waals surface area contributed by atoms with Crippen molar-refractivity contribution in [1.29, 1.82) is 0 Å². The molecule has 1 aliphatic heterocycles. The Morgan fingerprint density at radius 3 is 2.58 bits per heavy atom.